The van der Waals surface area contributed by atoms with Crippen molar-refractivity contribution in [2.45, 2.75) is 0 Å². The van der Waals surface area contributed by atoms with E-state index in [1.807, 2.05) is 0 Å². The zero-order chi connectivity index (χ0) is 2.71. The van der Waals surface area contributed by atoms with Crippen LogP contribution in [0.1, 0.15) is 0 Å². The third kappa shape index (κ3) is 17.2. The molecule has 0 spiro atoms. The molecule has 0 atom stereocenters. The minimum atomic E-state index is 0. The molecular weight excluding hydrogens is 129 g/mol. The van der Waals surface area contributed by atoms with E-state index in [0.29, 0.717) is 6.29 Å². The number of aldehydes is 1. The third-order valence-electron chi connectivity index (χ3n) is 0. The SMILES string of the molecule is [CH2-]C=O.[Y+3]. The summed E-state index contributed by atoms with van der Waals surface area (Å²) in [6.45, 7) is 2.81. The van der Waals surface area contributed by atoms with Gasteiger partial charge in [0.15, 0.2) is 0 Å². The van der Waals surface area contributed by atoms with Gasteiger partial charge in [-0.15, -0.1) is 0 Å². The van der Waals surface area contributed by atoms with Crippen molar-refractivity contribution >= 4 is 6.29 Å². The molecule has 0 radical (unpaired) electrons. The van der Waals surface area contributed by atoms with Crippen molar-refractivity contribution < 1.29 is 37.5 Å². The first-order chi connectivity index (χ1) is 1.41. The van der Waals surface area contributed by atoms with E-state index in [0.717, 1.165) is 0 Å². The third-order valence-corrected chi connectivity index (χ3v) is 0. The zero-order valence-corrected chi connectivity index (χ0v) is 5.11. The van der Waals surface area contributed by atoms with Gasteiger partial charge in [-0.05, 0) is 6.29 Å². The van der Waals surface area contributed by atoms with Crippen LogP contribution in [0, 0.1) is 6.92 Å². The molecule has 0 unspecified atom stereocenters. The second kappa shape index (κ2) is 9.43. The standard InChI is InChI=1S/C2H3O.Y/c1-2-3;/h2H,1H2;/q-1;+3. The van der Waals surface area contributed by atoms with Crippen molar-refractivity contribution in [2.75, 3.05) is 0 Å². The molecule has 0 fully saturated rings. The molecule has 0 aliphatic heterocycles. The van der Waals surface area contributed by atoms with E-state index >= 15 is 0 Å². The molecule has 18 valence electrons. The maximum atomic E-state index is 8.69. The Morgan fingerprint density at radius 3 is 1.75 bits per heavy atom. The van der Waals surface area contributed by atoms with Gasteiger partial charge >= 0.3 is 32.7 Å². The molecule has 0 aliphatic rings. The van der Waals surface area contributed by atoms with Crippen LogP contribution in [0.3, 0.4) is 0 Å². The van der Waals surface area contributed by atoms with E-state index in [1.165, 1.54) is 0 Å². The van der Waals surface area contributed by atoms with Gasteiger partial charge in [0.05, 0.1) is 0 Å². The fraction of sp³-hybridized carbons (Fsp3) is 0. The second-order valence-corrected chi connectivity index (χ2v) is 0.167. The van der Waals surface area contributed by atoms with E-state index < -0.39 is 0 Å². The fourth-order valence-electron chi connectivity index (χ4n) is 0. The summed E-state index contributed by atoms with van der Waals surface area (Å²) in [5.74, 6) is 0. The first-order valence-electron chi connectivity index (χ1n) is 0.644. The molecular formula is C2H3OY+2. The first kappa shape index (κ1) is 8.82. The minimum absolute atomic E-state index is 0. The predicted molar refractivity (Wildman–Crippen MR) is 11.4 cm³/mol. The first-order valence-corrected chi connectivity index (χ1v) is 0.644. The molecule has 0 heterocycles. The summed E-state index contributed by atoms with van der Waals surface area (Å²) in [6, 6.07) is 0. The molecule has 0 N–H and O–H groups in total. The Balaban J connectivity index is 0. The maximum Gasteiger partial charge on any atom is 3.00 e. The van der Waals surface area contributed by atoms with Crippen LogP contribution >= 0.6 is 0 Å². The normalized spacial score (nSPS) is 3.00. The molecule has 0 aromatic carbocycles. The van der Waals surface area contributed by atoms with Crippen molar-refractivity contribution in [3.8, 4) is 0 Å². The zero-order valence-electron chi connectivity index (χ0n) is 2.27. The number of hydrogen-bond donors (Lipinski definition) is 0. The molecule has 0 saturated carbocycles. The molecule has 2 heteroatoms. The smallest absolute Gasteiger partial charge is 0.343 e. The average Bonchev–Trinajstić information content (AvgIpc) is 0.918. The summed E-state index contributed by atoms with van der Waals surface area (Å²) in [4.78, 5) is 8.69. The molecule has 0 aliphatic carbocycles. The molecule has 0 saturated heterocycles. The Labute approximate surface area is 50.6 Å². The van der Waals surface area contributed by atoms with Gasteiger partial charge in [0, 0.05) is 0 Å². The van der Waals surface area contributed by atoms with Gasteiger partial charge in [0.25, 0.3) is 0 Å². The minimum Gasteiger partial charge on any atom is -0.343 e. The van der Waals surface area contributed by atoms with Gasteiger partial charge in [-0.3, -0.25) is 0 Å². The summed E-state index contributed by atoms with van der Waals surface area (Å²) in [5, 5.41) is 0. The van der Waals surface area contributed by atoms with Gasteiger partial charge in [-0.1, -0.05) is 0 Å². The molecule has 1 nitrogen and oxygen atoms in total. The summed E-state index contributed by atoms with van der Waals surface area (Å²) in [7, 11) is 0. The molecule has 4 heavy (non-hydrogen) atoms. The van der Waals surface area contributed by atoms with Crippen LogP contribution in [-0.2, 0) is 37.5 Å². The van der Waals surface area contributed by atoms with Crippen molar-refractivity contribution in [3.05, 3.63) is 6.92 Å². The van der Waals surface area contributed by atoms with Crippen LogP contribution in [0.4, 0.5) is 0 Å². The topological polar surface area (TPSA) is 17.1 Å². The number of rotatable bonds is 0. The van der Waals surface area contributed by atoms with Crippen molar-refractivity contribution in [2.24, 2.45) is 0 Å². The molecule has 0 aromatic rings. The van der Waals surface area contributed by atoms with Crippen molar-refractivity contribution in [1.82, 2.24) is 0 Å². The second-order valence-electron chi connectivity index (χ2n) is 0.167. The van der Waals surface area contributed by atoms with E-state index in [-0.39, 0.29) is 32.7 Å². The van der Waals surface area contributed by atoms with E-state index in [2.05, 4.69) is 6.92 Å². The van der Waals surface area contributed by atoms with Crippen LogP contribution in [0.15, 0.2) is 0 Å². The van der Waals surface area contributed by atoms with Crippen LogP contribution in [-0.4, -0.2) is 6.29 Å². The maximum absolute atomic E-state index is 8.69. The van der Waals surface area contributed by atoms with E-state index in [1.54, 1.807) is 0 Å². The van der Waals surface area contributed by atoms with Gasteiger partial charge in [-0.25, -0.2) is 0 Å². The van der Waals surface area contributed by atoms with Gasteiger partial charge in [0.2, 0.25) is 0 Å². The van der Waals surface area contributed by atoms with Crippen molar-refractivity contribution in [1.29, 1.82) is 0 Å². The van der Waals surface area contributed by atoms with Crippen LogP contribution in [0.5, 0.6) is 0 Å². The summed E-state index contributed by atoms with van der Waals surface area (Å²) in [6.07, 6.45) is 0.500. The quantitative estimate of drug-likeness (QED) is 0.335. The van der Waals surface area contributed by atoms with Gasteiger partial charge in [0.1, 0.15) is 0 Å². The number of carbonyl (C=O) groups excluding carboxylic acids is 1. The molecule has 0 bridgehead atoms. The number of hydrogen-bond acceptors (Lipinski definition) is 1. The average molecular weight is 132 g/mol. The van der Waals surface area contributed by atoms with Gasteiger partial charge in [-0.2, -0.15) is 0 Å². The van der Waals surface area contributed by atoms with Crippen LogP contribution in [0.2, 0.25) is 0 Å². The largest absolute Gasteiger partial charge is 3.00 e. The Morgan fingerprint density at radius 2 is 1.75 bits per heavy atom. The Morgan fingerprint density at radius 1 is 1.75 bits per heavy atom. The molecule has 0 amide bonds. The van der Waals surface area contributed by atoms with E-state index in [9.17, 15) is 0 Å². The molecule has 0 aromatic heterocycles. The van der Waals surface area contributed by atoms with Crippen molar-refractivity contribution in [3.63, 3.8) is 0 Å². The summed E-state index contributed by atoms with van der Waals surface area (Å²) >= 11 is 0. The predicted octanol–water partition coefficient (Wildman–Crippen LogP) is 0.0169. The summed E-state index contributed by atoms with van der Waals surface area (Å²) in [5.41, 5.74) is 0. The Kier molecular flexibility index (Phi) is 20.8. The Hall–Kier alpha value is 0.644. The molecule has 0 rings (SSSR count). The summed E-state index contributed by atoms with van der Waals surface area (Å²) < 4.78 is 0. The van der Waals surface area contributed by atoms with Crippen LogP contribution in [0.25, 0.3) is 0 Å². The van der Waals surface area contributed by atoms with Gasteiger partial charge < -0.3 is 11.7 Å². The fourth-order valence-corrected chi connectivity index (χ4v) is 0. The number of carbonyl (C=O) groups is 1. The van der Waals surface area contributed by atoms with E-state index in [4.69, 9.17) is 4.79 Å². The Bertz CT molecular complexity index is 13.5. The van der Waals surface area contributed by atoms with Crippen LogP contribution < -0.4 is 0 Å². The monoisotopic (exact) mass is 132 g/mol.